The van der Waals surface area contributed by atoms with Crippen LogP contribution in [0.1, 0.15) is 49.5 Å². The molecule has 1 N–H and O–H groups in total. The lowest BCUT2D eigenvalue weighted by molar-refractivity contribution is 0.0126. The maximum absolute atomic E-state index is 12.0. The van der Waals surface area contributed by atoms with Crippen LogP contribution in [0.25, 0.3) is 0 Å². The van der Waals surface area contributed by atoms with E-state index in [1.165, 1.54) is 0 Å². The van der Waals surface area contributed by atoms with Crippen LogP contribution in [0, 0.1) is 6.92 Å². The van der Waals surface area contributed by atoms with Gasteiger partial charge in [-0.3, -0.25) is 0 Å². The lowest BCUT2D eigenvalue weighted by atomic mass is 10.1. The number of carbonyl (C=O) groups is 2. The van der Waals surface area contributed by atoms with Gasteiger partial charge in [-0.1, -0.05) is 6.07 Å². The third kappa shape index (κ3) is 4.88. The van der Waals surface area contributed by atoms with Crippen LogP contribution in [0.4, 0.5) is 4.79 Å². The molecule has 6 heteroatoms. The predicted octanol–water partition coefficient (Wildman–Crippen LogP) is 3.47. The Morgan fingerprint density at radius 1 is 1.21 bits per heavy atom. The first-order chi connectivity index (χ1) is 11.2. The summed E-state index contributed by atoms with van der Waals surface area (Å²) in [5, 5.41) is 9.17. The summed E-state index contributed by atoms with van der Waals surface area (Å²) < 4.78 is 11.3. The van der Waals surface area contributed by atoms with E-state index < -0.39 is 11.6 Å². The molecule has 0 saturated carbocycles. The number of carboxylic acid groups (broad SMARTS) is 1. The van der Waals surface area contributed by atoms with Crippen molar-refractivity contribution in [3.05, 3.63) is 29.3 Å². The highest BCUT2D eigenvalue weighted by molar-refractivity contribution is 5.89. The SMILES string of the molecule is Cc1ccc(OC2CCN(C(=O)OC(C)(C)C)CC2)cc1C(=O)O. The van der Waals surface area contributed by atoms with Gasteiger partial charge in [0.15, 0.2) is 0 Å². The normalized spacial score (nSPS) is 15.9. The monoisotopic (exact) mass is 335 g/mol. The van der Waals surface area contributed by atoms with E-state index >= 15 is 0 Å². The molecule has 1 fully saturated rings. The summed E-state index contributed by atoms with van der Waals surface area (Å²) >= 11 is 0. The molecule has 0 spiro atoms. The topological polar surface area (TPSA) is 76.1 Å². The highest BCUT2D eigenvalue weighted by Crippen LogP contribution is 2.23. The Morgan fingerprint density at radius 2 is 1.83 bits per heavy atom. The molecule has 0 aromatic heterocycles. The number of piperidine rings is 1. The van der Waals surface area contributed by atoms with Crippen LogP contribution in [0.5, 0.6) is 5.75 Å². The molecule has 24 heavy (non-hydrogen) atoms. The molecule has 6 nitrogen and oxygen atoms in total. The third-order valence-corrected chi connectivity index (χ3v) is 3.84. The number of likely N-dealkylation sites (tertiary alicyclic amines) is 1. The van der Waals surface area contributed by atoms with Crippen molar-refractivity contribution >= 4 is 12.1 Å². The molecule has 1 aliphatic rings. The van der Waals surface area contributed by atoms with Gasteiger partial charge in [0.2, 0.25) is 0 Å². The molecule has 1 amide bonds. The van der Waals surface area contributed by atoms with Crippen molar-refractivity contribution in [1.82, 2.24) is 4.90 Å². The lowest BCUT2D eigenvalue weighted by Crippen LogP contribution is -2.44. The second-order valence-electron chi connectivity index (χ2n) is 7.07. The van der Waals surface area contributed by atoms with Crippen LogP contribution in [0.3, 0.4) is 0 Å². The van der Waals surface area contributed by atoms with E-state index in [0.29, 0.717) is 37.2 Å². The summed E-state index contributed by atoms with van der Waals surface area (Å²) in [6.07, 6.45) is 1.04. The average molecular weight is 335 g/mol. The number of carboxylic acids is 1. The fourth-order valence-electron chi connectivity index (χ4n) is 2.58. The van der Waals surface area contributed by atoms with Crippen molar-refractivity contribution in [3.63, 3.8) is 0 Å². The number of carbonyl (C=O) groups excluding carboxylic acids is 1. The fraction of sp³-hybridized carbons (Fsp3) is 0.556. The van der Waals surface area contributed by atoms with Crippen LogP contribution in [0.15, 0.2) is 18.2 Å². The summed E-state index contributed by atoms with van der Waals surface area (Å²) in [6.45, 7) is 8.43. The van der Waals surface area contributed by atoms with Crippen LogP contribution in [-0.4, -0.2) is 46.9 Å². The quantitative estimate of drug-likeness (QED) is 0.915. The molecule has 1 aliphatic heterocycles. The highest BCUT2D eigenvalue weighted by atomic mass is 16.6. The second-order valence-corrected chi connectivity index (χ2v) is 7.07. The number of hydrogen-bond acceptors (Lipinski definition) is 4. The van der Waals surface area contributed by atoms with Gasteiger partial charge < -0.3 is 19.5 Å². The van der Waals surface area contributed by atoms with E-state index in [4.69, 9.17) is 9.47 Å². The van der Waals surface area contributed by atoms with E-state index in [-0.39, 0.29) is 17.8 Å². The number of rotatable bonds is 3. The second kappa shape index (κ2) is 7.11. The molecule has 0 unspecified atom stereocenters. The van der Waals surface area contributed by atoms with Gasteiger partial charge in [0, 0.05) is 25.9 Å². The van der Waals surface area contributed by atoms with Crippen LogP contribution in [0.2, 0.25) is 0 Å². The first-order valence-corrected chi connectivity index (χ1v) is 8.14. The number of amides is 1. The summed E-state index contributed by atoms with van der Waals surface area (Å²) in [5.41, 5.74) is 0.452. The number of nitrogens with zero attached hydrogens (tertiary/aromatic N) is 1. The van der Waals surface area contributed by atoms with Crippen LogP contribution < -0.4 is 4.74 Å². The lowest BCUT2D eigenvalue weighted by Gasteiger charge is -2.33. The molecule has 0 atom stereocenters. The standard InChI is InChI=1S/C18H25NO5/c1-12-5-6-14(11-15(12)16(20)21)23-13-7-9-19(10-8-13)17(22)24-18(2,3)4/h5-6,11,13H,7-10H2,1-4H3,(H,20,21). The number of hydrogen-bond donors (Lipinski definition) is 1. The van der Waals surface area contributed by atoms with Gasteiger partial charge in [0.1, 0.15) is 17.5 Å². The Bertz CT molecular complexity index is 612. The van der Waals surface area contributed by atoms with Crippen molar-refractivity contribution in [3.8, 4) is 5.75 Å². The summed E-state index contributed by atoms with van der Waals surface area (Å²) in [6, 6.07) is 5.08. The Hall–Kier alpha value is -2.24. The van der Waals surface area contributed by atoms with Gasteiger partial charge in [-0.05, 0) is 45.4 Å². The number of aryl methyl sites for hydroxylation is 1. The summed E-state index contributed by atoms with van der Waals surface area (Å²) in [7, 11) is 0. The van der Waals surface area contributed by atoms with Crippen molar-refractivity contribution in [2.45, 2.75) is 52.2 Å². The third-order valence-electron chi connectivity index (χ3n) is 3.84. The van der Waals surface area contributed by atoms with Gasteiger partial charge in [0.25, 0.3) is 0 Å². The van der Waals surface area contributed by atoms with Gasteiger partial charge >= 0.3 is 12.1 Å². The first-order valence-electron chi connectivity index (χ1n) is 8.14. The smallest absolute Gasteiger partial charge is 0.410 e. The average Bonchev–Trinajstić information content (AvgIpc) is 2.48. The molecule has 0 radical (unpaired) electrons. The summed E-state index contributed by atoms with van der Waals surface area (Å²) in [4.78, 5) is 24.9. The number of benzene rings is 1. The Kier molecular flexibility index (Phi) is 5.36. The molecule has 1 aromatic carbocycles. The maximum atomic E-state index is 12.0. The van der Waals surface area contributed by atoms with Crippen molar-refractivity contribution in [1.29, 1.82) is 0 Å². The molecule has 2 rings (SSSR count). The highest BCUT2D eigenvalue weighted by Gasteiger charge is 2.27. The summed E-state index contributed by atoms with van der Waals surface area (Å²) in [5.74, 6) is -0.411. The first kappa shape index (κ1) is 18.1. The van der Waals surface area contributed by atoms with E-state index in [1.807, 2.05) is 20.8 Å². The van der Waals surface area contributed by atoms with Gasteiger partial charge in [-0.25, -0.2) is 9.59 Å². The zero-order chi connectivity index (χ0) is 17.9. The Balaban J connectivity index is 1.90. The minimum Gasteiger partial charge on any atom is -0.490 e. The largest absolute Gasteiger partial charge is 0.490 e. The van der Waals surface area contributed by atoms with Gasteiger partial charge in [-0.2, -0.15) is 0 Å². The fourth-order valence-corrected chi connectivity index (χ4v) is 2.58. The molecule has 1 heterocycles. The van der Waals surface area contributed by atoms with Crippen molar-refractivity contribution < 1.29 is 24.2 Å². The van der Waals surface area contributed by atoms with Crippen LogP contribution >= 0.6 is 0 Å². The van der Waals surface area contributed by atoms with Crippen LogP contribution in [-0.2, 0) is 4.74 Å². The Morgan fingerprint density at radius 3 is 2.38 bits per heavy atom. The number of ether oxygens (including phenoxy) is 2. The van der Waals surface area contributed by atoms with E-state index in [0.717, 1.165) is 0 Å². The molecule has 1 aromatic rings. The minimum atomic E-state index is -0.960. The van der Waals surface area contributed by atoms with Crippen molar-refractivity contribution in [2.75, 3.05) is 13.1 Å². The molecule has 132 valence electrons. The maximum Gasteiger partial charge on any atom is 0.410 e. The molecular weight excluding hydrogens is 310 g/mol. The number of aromatic carboxylic acids is 1. The molecule has 0 bridgehead atoms. The van der Waals surface area contributed by atoms with Crippen molar-refractivity contribution in [2.24, 2.45) is 0 Å². The minimum absolute atomic E-state index is 0.0342. The Labute approximate surface area is 142 Å². The van der Waals surface area contributed by atoms with E-state index in [2.05, 4.69) is 0 Å². The molecular formula is C18H25NO5. The predicted molar refractivity (Wildman–Crippen MR) is 89.6 cm³/mol. The molecule has 0 aliphatic carbocycles. The van der Waals surface area contributed by atoms with Gasteiger partial charge in [0.05, 0.1) is 5.56 Å². The van der Waals surface area contributed by atoms with E-state index in [1.54, 1.807) is 30.0 Å². The van der Waals surface area contributed by atoms with Gasteiger partial charge in [-0.15, -0.1) is 0 Å². The zero-order valence-corrected chi connectivity index (χ0v) is 14.7. The zero-order valence-electron chi connectivity index (χ0n) is 14.7. The molecule has 1 saturated heterocycles. The van der Waals surface area contributed by atoms with E-state index in [9.17, 15) is 14.7 Å².